The highest BCUT2D eigenvalue weighted by Gasteiger charge is 2.45. The first-order valence-electron chi connectivity index (χ1n) is 22.0. The molecule has 4 amide bonds. The summed E-state index contributed by atoms with van der Waals surface area (Å²) in [6.45, 7) is 7.57. The molecule has 1 radical (unpaired) electrons. The highest BCUT2D eigenvalue weighted by atomic mass is 16.6. The number of fused-ring (bicyclic) bond motifs is 2. The van der Waals surface area contributed by atoms with Crippen LogP contribution in [0.4, 0.5) is 11.6 Å². The molecule has 2 aliphatic rings. The molecule has 2 aliphatic heterocycles. The summed E-state index contributed by atoms with van der Waals surface area (Å²) >= 11 is 0. The molecule has 68 heavy (non-hydrogen) atoms. The molecule has 2 atom stereocenters. The summed E-state index contributed by atoms with van der Waals surface area (Å²) in [5, 5.41) is 9.79. The second-order valence-corrected chi connectivity index (χ2v) is 15.7. The van der Waals surface area contributed by atoms with E-state index in [9.17, 15) is 19.2 Å². The molecular formula is C48H52N9O11. The van der Waals surface area contributed by atoms with Gasteiger partial charge < -0.3 is 44.2 Å². The number of hydrogen-bond donors (Lipinski definition) is 3. The lowest BCUT2D eigenvalue weighted by Gasteiger charge is -2.27. The van der Waals surface area contributed by atoms with Crippen LogP contribution in [0.5, 0.6) is 17.2 Å². The largest absolute Gasteiger partial charge is 0.497 e. The van der Waals surface area contributed by atoms with Gasteiger partial charge in [-0.05, 0) is 66.9 Å². The Labute approximate surface area is 391 Å². The van der Waals surface area contributed by atoms with Crippen molar-refractivity contribution in [2.45, 2.75) is 38.3 Å². The van der Waals surface area contributed by atoms with Crippen LogP contribution in [0.15, 0.2) is 85.3 Å². The number of aromatic nitrogens is 5. The Morgan fingerprint density at radius 2 is 1.59 bits per heavy atom. The number of ether oxygens (including phenoxy) is 7. The van der Waals surface area contributed by atoms with Crippen molar-refractivity contribution in [3.05, 3.63) is 114 Å². The van der Waals surface area contributed by atoms with Crippen LogP contribution in [0, 0.1) is 6.92 Å². The average molecular weight is 931 g/mol. The lowest BCUT2D eigenvalue weighted by molar-refractivity contribution is -0.136. The van der Waals surface area contributed by atoms with Crippen LogP contribution in [0.25, 0.3) is 22.3 Å². The maximum absolute atomic E-state index is 13.3. The van der Waals surface area contributed by atoms with Gasteiger partial charge in [-0.3, -0.25) is 34.0 Å². The number of hydrogen-bond acceptors (Lipinski definition) is 16. The van der Waals surface area contributed by atoms with E-state index in [-0.39, 0.29) is 30.6 Å². The number of nitrogens with one attached hydrogen (secondary N) is 2. The van der Waals surface area contributed by atoms with Crippen molar-refractivity contribution in [3.63, 3.8) is 0 Å². The normalized spacial score (nSPS) is 15.2. The number of carbonyl (C=O) groups is 4. The number of carbonyl (C=O) groups excluding carboxylic acids is 4. The Morgan fingerprint density at radius 3 is 2.34 bits per heavy atom. The van der Waals surface area contributed by atoms with Crippen LogP contribution < -0.4 is 30.6 Å². The molecule has 8 rings (SSSR count). The van der Waals surface area contributed by atoms with Crippen LogP contribution in [0.3, 0.4) is 0 Å². The first-order valence-corrected chi connectivity index (χ1v) is 22.0. The van der Waals surface area contributed by atoms with Crippen molar-refractivity contribution in [2.24, 2.45) is 0 Å². The second-order valence-electron chi connectivity index (χ2n) is 15.7. The Hall–Kier alpha value is -7.39. The molecule has 0 spiro atoms. The zero-order chi connectivity index (χ0) is 47.6. The summed E-state index contributed by atoms with van der Waals surface area (Å²) in [5.74, 6) is 0.117. The number of nitrogens with two attached hydrogens (primary N) is 1. The monoisotopic (exact) mass is 930 g/mol. The summed E-state index contributed by atoms with van der Waals surface area (Å²) < 4.78 is 43.1. The Morgan fingerprint density at radius 1 is 0.838 bits per heavy atom. The molecule has 20 nitrogen and oxygen atoms in total. The summed E-state index contributed by atoms with van der Waals surface area (Å²) in [5.41, 5.74) is 12.1. The standard InChI is InChI=1S/C48H52N9O11/c1-30(67-22-21-66-20-19-65-18-17-64-16-15-50-37-6-4-5-36-43(37)47(61)57(46(36)60)39-12-14-42(58)54-45(39)59)56-28-34(26-52-56)33-24-38-44(51-25-33)55(48(49)53-38)27-32-9-13-40(41(23-32)63-3)68-29-31-7-10-35(62-2)11-8-31/h4-11,13,23-26,28,30,39,50H,1,12,14-22,27,29H2,2-3H3,(H2,49,53)(H,54,58,59). The van der Waals surface area contributed by atoms with Gasteiger partial charge >= 0.3 is 0 Å². The van der Waals surface area contributed by atoms with E-state index >= 15 is 0 Å². The third-order valence-corrected chi connectivity index (χ3v) is 11.3. The first-order chi connectivity index (χ1) is 33.1. The smallest absolute Gasteiger partial charge is 0.264 e. The van der Waals surface area contributed by atoms with Gasteiger partial charge in [0.2, 0.25) is 17.8 Å². The predicted molar refractivity (Wildman–Crippen MR) is 247 cm³/mol. The van der Waals surface area contributed by atoms with Gasteiger partial charge in [0.25, 0.3) is 11.8 Å². The number of rotatable bonds is 24. The van der Waals surface area contributed by atoms with Gasteiger partial charge in [0, 0.05) is 42.2 Å². The minimum atomic E-state index is -1.03. The van der Waals surface area contributed by atoms with E-state index < -0.39 is 35.9 Å². The molecule has 1 fully saturated rings. The van der Waals surface area contributed by atoms with E-state index in [1.54, 1.807) is 49.5 Å². The second kappa shape index (κ2) is 21.9. The van der Waals surface area contributed by atoms with Gasteiger partial charge in [0.05, 0.1) is 84.3 Å². The van der Waals surface area contributed by atoms with Gasteiger partial charge in [-0.25, -0.2) is 14.6 Å². The topological polar surface area (TPSA) is 235 Å². The number of pyridine rings is 1. The molecule has 20 heteroatoms. The molecule has 3 aromatic carbocycles. The van der Waals surface area contributed by atoms with Crippen molar-refractivity contribution in [2.75, 3.05) is 78.1 Å². The van der Waals surface area contributed by atoms with Crippen molar-refractivity contribution in [1.82, 2.24) is 34.5 Å². The zero-order valence-electron chi connectivity index (χ0n) is 37.7. The summed E-state index contributed by atoms with van der Waals surface area (Å²) in [6.07, 6.45) is 4.84. The quantitative estimate of drug-likeness (QED) is 0.0562. The van der Waals surface area contributed by atoms with E-state index in [1.165, 1.54) is 0 Å². The first kappa shape index (κ1) is 47.1. The average Bonchev–Trinajstić information content (AvgIpc) is 4.04. The number of imidazole rings is 1. The van der Waals surface area contributed by atoms with Gasteiger partial charge in [-0.1, -0.05) is 24.3 Å². The number of anilines is 2. The summed E-state index contributed by atoms with van der Waals surface area (Å²) in [7, 11) is 3.24. The molecule has 355 valence electrons. The van der Waals surface area contributed by atoms with Crippen molar-refractivity contribution in [3.8, 4) is 28.4 Å². The number of imide groups is 2. The number of piperidine rings is 1. The van der Waals surface area contributed by atoms with Crippen LogP contribution in [0.2, 0.25) is 0 Å². The van der Waals surface area contributed by atoms with E-state index in [4.69, 9.17) is 43.9 Å². The number of benzene rings is 3. The number of nitrogens with zero attached hydrogens (tertiary/aromatic N) is 6. The van der Waals surface area contributed by atoms with E-state index in [2.05, 4.69) is 27.6 Å². The molecule has 2 unspecified atom stereocenters. The minimum absolute atomic E-state index is 0.0542. The van der Waals surface area contributed by atoms with Crippen molar-refractivity contribution < 1.29 is 52.3 Å². The Bertz CT molecular complexity index is 2760. The molecule has 0 bridgehead atoms. The van der Waals surface area contributed by atoms with Gasteiger partial charge in [0.1, 0.15) is 30.1 Å². The molecule has 3 aromatic heterocycles. The van der Waals surface area contributed by atoms with Crippen LogP contribution >= 0.6 is 0 Å². The molecule has 1 saturated heterocycles. The van der Waals surface area contributed by atoms with Gasteiger partial charge in [-0.2, -0.15) is 5.10 Å². The zero-order valence-corrected chi connectivity index (χ0v) is 37.7. The SMILES string of the molecule is [CH2]C(OCCOCCOCCOCCNc1cccc2c1C(=O)N(C1CCC(=O)NC1=O)C2=O)n1cc(-c2cnc3c(c2)nc(N)n3Cc2ccc(OCc3ccc(OC)cc3)c(OC)c2)cn1. The molecule has 0 aliphatic carbocycles. The van der Waals surface area contributed by atoms with Crippen LogP contribution in [-0.2, 0) is 41.7 Å². The summed E-state index contributed by atoms with van der Waals surface area (Å²) in [4.78, 5) is 60.5. The Kier molecular flexibility index (Phi) is 15.2. The van der Waals surface area contributed by atoms with Gasteiger partial charge in [-0.15, -0.1) is 0 Å². The maximum Gasteiger partial charge on any atom is 0.264 e. The predicted octanol–water partition coefficient (Wildman–Crippen LogP) is 4.43. The molecule has 4 N–H and O–H groups in total. The molecular weight excluding hydrogens is 879 g/mol. The number of amides is 4. The summed E-state index contributed by atoms with van der Waals surface area (Å²) in [6, 6.07) is 19.2. The van der Waals surface area contributed by atoms with Crippen molar-refractivity contribution >= 4 is 46.4 Å². The highest BCUT2D eigenvalue weighted by Crippen LogP contribution is 2.33. The van der Waals surface area contributed by atoms with Crippen LogP contribution in [0.1, 0.15) is 50.9 Å². The fourth-order valence-electron chi connectivity index (χ4n) is 7.76. The lowest BCUT2D eigenvalue weighted by atomic mass is 10.0. The maximum atomic E-state index is 13.3. The molecule has 0 saturated carbocycles. The Balaban J connectivity index is 0.707. The van der Waals surface area contributed by atoms with E-state index in [0.29, 0.717) is 93.6 Å². The number of methoxy groups -OCH3 is 2. The highest BCUT2D eigenvalue weighted by molar-refractivity contribution is 6.25. The van der Waals surface area contributed by atoms with E-state index in [0.717, 1.165) is 32.9 Å². The minimum Gasteiger partial charge on any atom is -0.497 e. The third kappa shape index (κ3) is 10.9. The molecule has 5 heterocycles. The fourth-order valence-corrected chi connectivity index (χ4v) is 7.76. The lowest BCUT2D eigenvalue weighted by Crippen LogP contribution is -2.54. The van der Waals surface area contributed by atoms with Gasteiger partial charge in [0.15, 0.2) is 17.1 Å². The van der Waals surface area contributed by atoms with Crippen LogP contribution in [-0.4, -0.2) is 126 Å². The van der Waals surface area contributed by atoms with E-state index in [1.807, 2.05) is 59.3 Å². The molecule has 6 aromatic rings. The number of nitrogen functional groups attached to an aromatic ring is 1. The fraction of sp³-hybridized carbons (Fsp3) is 0.333. The van der Waals surface area contributed by atoms with Crippen molar-refractivity contribution in [1.29, 1.82) is 0 Å². The third-order valence-electron chi connectivity index (χ3n) is 11.3.